The van der Waals surface area contributed by atoms with E-state index in [1.807, 2.05) is 70.2 Å². The van der Waals surface area contributed by atoms with E-state index in [0.29, 0.717) is 25.3 Å². The minimum absolute atomic E-state index is 0.0261. The molecule has 14 nitrogen and oxygen atoms in total. The van der Waals surface area contributed by atoms with E-state index in [9.17, 15) is 29.4 Å². The van der Waals surface area contributed by atoms with Crippen LogP contribution in [0.3, 0.4) is 0 Å². The number of hydrogen-bond acceptors (Lipinski definition) is 11. The standard InChI is InChI=1S/C39H57N5O9S/c1-6-26(4)34(22-45)41-36(47)21-35(46)31(18-25(2)3)42-38(49)33(20-29-23-54-24-40-29)43-37(48)32(44-39(50)53-17-16-52-15-14-51-5)19-28-12-9-11-27-10-7-8-13-30(27)28/h7-13,23-26,31-35,45-46H,6,14-22H2,1-5H3,(H,41,47)(H,42,49)(H,43,48)(H,44,50)/t26-,31-,32-,33?,34+,35-/m0/s1. The molecule has 0 bridgehead atoms. The Morgan fingerprint density at radius 3 is 2.24 bits per heavy atom. The summed E-state index contributed by atoms with van der Waals surface area (Å²) in [6.07, 6.45) is -1.17. The Kier molecular flexibility index (Phi) is 19.3. The van der Waals surface area contributed by atoms with Crippen molar-refractivity contribution in [1.82, 2.24) is 26.3 Å². The first-order valence-electron chi connectivity index (χ1n) is 18.5. The van der Waals surface area contributed by atoms with Gasteiger partial charge in [0.2, 0.25) is 17.7 Å². The summed E-state index contributed by atoms with van der Waals surface area (Å²) >= 11 is 1.34. The van der Waals surface area contributed by atoms with E-state index in [1.54, 1.807) is 18.0 Å². The van der Waals surface area contributed by atoms with Crippen molar-refractivity contribution in [3.05, 3.63) is 64.6 Å². The molecule has 1 unspecified atom stereocenters. The summed E-state index contributed by atoms with van der Waals surface area (Å²) in [4.78, 5) is 58.4. The van der Waals surface area contributed by atoms with Gasteiger partial charge in [-0.1, -0.05) is 76.6 Å². The van der Waals surface area contributed by atoms with Gasteiger partial charge in [-0.25, -0.2) is 9.78 Å². The second-order valence-electron chi connectivity index (χ2n) is 13.8. The average molecular weight is 772 g/mol. The van der Waals surface area contributed by atoms with Crippen molar-refractivity contribution >= 4 is 45.9 Å². The first kappa shape index (κ1) is 44.2. The molecule has 0 aliphatic heterocycles. The van der Waals surface area contributed by atoms with Crippen molar-refractivity contribution in [1.29, 1.82) is 0 Å². The first-order valence-corrected chi connectivity index (χ1v) is 19.4. The van der Waals surface area contributed by atoms with E-state index < -0.39 is 54.1 Å². The maximum absolute atomic E-state index is 14.1. The maximum atomic E-state index is 14.1. The van der Waals surface area contributed by atoms with Crippen molar-refractivity contribution in [2.75, 3.05) is 40.1 Å². The van der Waals surface area contributed by atoms with Crippen LogP contribution in [0, 0.1) is 11.8 Å². The molecule has 298 valence electrons. The van der Waals surface area contributed by atoms with Crippen LogP contribution in [0.5, 0.6) is 0 Å². The van der Waals surface area contributed by atoms with Gasteiger partial charge in [0.05, 0.1) is 62.2 Å². The van der Waals surface area contributed by atoms with Crippen LogP contribution in [0.2, 0.25) is 0 Å². The predicted molar refractivity (Wildman–Crippen MR) is 207 cm³/mol. The smallest absolute Gasteiger partial charge is 0.407 e. The number of fused-ring (bicyclic) bond motifs is 1. The molecule has 0 fully saturated rings. The molecule has 0 saturated carbocycles. The number of nitrogens with one attached hydrogen (secondary N) is 4. The molecule has 3 aromatic rings. The van der Waals surface area contributed by atoms with Gasteiger partial charge in [-0.05, 0) is 34.6 Å². The predicted octanol–water partition coefficient (Wildman–Crippen LogP) is 3.13. The molecule has 1 aromatic heterocycles. The third kappa shape index (κ3) is 14.9. The minimum atomic E-state index is -1.25. The fourth-order valence-corrected chi connectivity index (χ4v) is 6.48. The molecule has 1 heterocycles. The number of aliphatic hydroxyl groups is 2. The third-order valence-electron chi connectivity index (χ3n) is 9.12. The second kappa shape index (κ2) is 23.6. The summed E-state index contributed by atoms with van der Waals surface area (Å²) in [7, 11) is 1.55. The highest BCUT2D eigenvalue weighted by molar-refractivity contribution is 7.07. The van der Waals surface area contributed by atoms with E-state index in [-0.39, 0.29) is 50.9 Å². The van der Waals surface area contributed by atoms with Crippen molar-refractivity contribution < 1.29 is 43.6 Å². The molecule has 15 heteroatoms. The molecule has 0 spiro atoms. The molecule has 6 atom stereocenters. The Labute approximate surface area is 321 Å². The highest BCUT2D eigenvalue weighted by Crippen LogP contribution is 2.20. The zero-order valence-electron chi connectivity index (χ0n) is 31.9. The number of amides is 4. The Bertz CT molecular complexity index is 1590. The highest BCUT2D eigenvalue weighted by atomic mass is 32.1. The molecule has 2 aromatic carbocycles. The number of aliphatic hydroxyl groups excluding tert-OH is 2. The van der Waals surface area contributed by atoms with E-state index in [2.05, 4.69) is 26.3 Å². The zero-order valence-corrected chi connectivity index (χ0v) is 32.7. The summed E-state index contributed by atoms with van der Waals surface area (Å²) in [6.45, 7) is 8.31. The molecule has 0 aliphatic rings. The largest absolute Gasteiger partial charge is 0.447 e. The second-order valence-corrected chi connectivity index (χ2v) is 14.5. The van der Waals surface area contributed by atoms with Crippen LogP contribution in [0.25, 0.3) is 10.8 Å². The van der Waals surface area contributed by atoms with Gasteiger partial charge in [0, 0.05) is 25.3 Å². The Morgan fingerprint density at radius 2 is 1.56 bits per heavy atom. The number of nitrogens with zero attached hydrogens (tertiary/aromatic N) is 1. The lowest BCUT2D eigenvalue weighted by molar-refractivity contribution is -0.131. The molecular weight excluding hydrogens is 715 g/mol. The highest BCUT2D eigenvalue weighted by Gasteiger charge is 2.32. The van der Waals surface area contributed by atoms with Gasteiger partial charge in [-0.2, -0.15) is 0 Å². The summed E-state index contributed by atoms with van der Waals surface area (Å²) in [5, 5.41) is 35.8. The Balaban J connectivity index is 1.82. The molecular formula is C39H57N5O9S. The Morgan fingerprint density at radius 1 is 0.852 bits per heavy atom. The molecule has 0 radical (unpaired) electrons. The summed E-state index contributed by atoms with van der Waals surface area (Å²) < 4.78 is 15.6. The quantitative estimate of drug-likeness (QED) is 0.0737. The number of carbonyl (C=O) groups excluding carboxylic acids is 4. The van der Waals surface area contributed by atoms with Gasteiger partial charge >= 0.3 is 6.09 Å². The van der Waals surface area contributed by atoms with Crippen LogP contribution in [-0.2, 0) is 41.4 Å². The summed E-state index contributed by atoms with van der Waals surface area (Å²) in [5.41, 5.74) is 2.98. The van der Waals surface area contributed by atoms with Gasteiger partial charge in [-0.15, -0.1) is 11.3 Å². The van der Waals surface area contributed by atoms with Crippen LogP contribution in [0.1, 0.15) is 58.2 Å². The van der Waals surface area contributed by atoms with Gasteiger partial charge in [-0.3, -0.25) is 14.4 Å². The lowest BCUT2D eigenvalue weighted by Gasteiger charge is -2.29. The van der Waals surface area contributed by atoms with Crippen molar-refractivity contribution in [3.8, 4) is 0 Å². The molecule has 6 N–H and O–H groups in total. The maximum Gasteiger partial charge on any atom is 0.407 e. The molecule has 54 heavy (non-hydrogen) atoms. The van der Waals surface area contributed by atoms with Gasteiger partial charge in [0.15, 0.2) is 0 Å². The van der Waals surface area contributed by atoms with E-state index >= 15 is 0 Å². The average Bonchev–Trinajstić information content (AvgIpc) is 3.67. The number of aromatic nitrogens is 1. The number of thiazole rings is 1. The van der Waals surface area contributed by atoms with Gasteiger partial charge in [0.1, 0.15) is 18.7 Å². The number of hydrogen-bond donors (Lipinski definition) is 6. The fourth-order valence-electron chi connectivity index (χ4n) is 5.90. The third-order valence-corrected chi connectivity index (χ3v) is 9.76. The molecule has 4 amide bonds. The summed E-state index contributed by atoms with van der Waals surface area (Å²) in [5.74, 6) is -1.61. The van der Waals surface area contributed by atoms with Crippen LogP contribution >= 0.6 is 11.3 Å². The van der Waals surface area contributed by atoms with Crippen LogP contribution in [0.15, 0.2) is 53.4 Å². The number of ether oxygens (including phenoxy) is 3. The van der Waals surface area contributed by atoms with Crippen molar-refractivity contribution in [2.24, 2.45) is 11.8 Å². The fraction of sp³-hybridized carbons (Fsp3) is 0.564. The number of alkyl carbamates (subject to hydrolysis) is 1. The lowest BCUT2D eigenvalue weighted by atomic mass is 9.95. The number of carbonyl (C=O) groups is 4. The van der Waals surface area contributed by atoms with E-state index in [1.165, 1.54) is 11.3 Å². The lowest BCUT2D eigenvalue weighted by Crippen LogP contribution is -2.57. The summed E-state index contributed by atoms with van der Waals surface area (Å²) in [6, 6.07) is 9.80. The minimum Gasteiger partial charge on any atom is -0.447 e. The van der Waals surface area contributed by atoms with Crippen LogP contribution < -0.4 is 21.3 Å². The molecule has 3 rings (SSSR count). The van der Waals surface area contributed by atoms with Crippen molar-refractivity contribution in [2.45, 2.75) is 90.1 Å². The number of methoxy groups -OCH3 is 1. The van der Waals surface area contributed by atoms with E-state index in [4.69, 9.17) is 14.2 Å². The van der Waals surface area contributed by atoms with E-state index in [0.717, 1.165) is 22.8 Å². The zero-order chi connectivity index (χ0) is 39.5. The molecule has 0 aliphatic carbocycles. The normalized spacial score (nSPS) is 14.7. The topological polar surface area (TPSA) is 197 Å². The van der Waals surface area contributed by atoms with Crippen LogP contribution in [-0.4, -0.2) is 109 Å². The Hall–Kier alpha value is -4.15. The number of rotatable bonds is 24. The van der Waals surface area contributed by atoms with Crippen LogP contribution in [0.4, 0.5) is 4.79 Å². The molecule has 0 saturated heterocycles. The monoisotopic (exact) mass is 771 g/mol. The number of benzene rings is 2. The first-order chi connectivity index (χ1) is 25.9. The SMILES string of the molecule is CC[C@H](C)[C@@H](CO)NC(=O)C[C@H](O)[C@H](CC(C)C)NC(=O)C(Cc1cscn1)NC(=O)[C@H](Cc1cccc2ccccc12)NC(=O)OCCOCCOC. The van der Waals surface area contributed by atoms with Crippen molar-refractivity contribution in [3.63, 3.8) is 0 Å². The van der Waals surface area contributed by atoms with Gasteiger partial charge in [0.25, 0.3) is 0 Å². The van der Waals surface area contributed by atoms with Gasteiger partial charge < -0.3 is 45.7 Å².